The molecule has 2 heteroatoms. The lowest BCUT2D eigenvalue weighted by Crippen LogP contribution is -2.09. The lowest BCUT2D eigenvalue weighted by Gasteiger charge is -2.07. The van der Waals surface area contributed by atoms with Crippen molar-refractivity contribution in [1.29, 1.82) is 0 Å². The third kappa shape index (κ3) is 3.03. The van der Waals surface area contributed by atoms with Crippen molar-refractivity contribution in [2.75, 3.05) is 13.2 Å². The summed E-state index contributed by atoms with van der Waals surface area (Å²) >= 11 is 0. The van der Waals surface area contributed by atoms with Gasteiger partial charge in [-0.1, -0.05) is 30.8 Å². The summed E-state index contributed by atoms with van der Waals surface area (Å²) in [5, 5.41) is 0. The molecule has 0 bridgehead atoms. The standard InChI is InChI=1S/C13H16O2/c1-4-15-9-11(3)13(14)12-8-6-5-7-10(12)2/h5-8H,3-4,9H2,1-2H3. The van der Waals surface area contributed by atoms with E-state index in [9.17, 15) is 4.79 Å². The normalized spacial score (nSPS) is 10.0. The maximum Gasteiger partial charge on any atom is 0.191 e. The van der Waals surface area contributed by atoms with Crippen molar-refractivity contribution in [2.45, 2.75) is 13.8 Å². The highest BCUT2D eigenvalue weighted by atomic mass is 16.5. The fraction of sp³-hybridized carbons (Fsp3) is 0.308. The number of Topliss-reactive ketones (excluding diaryl/α,β-unsaturated/α-hetero) is 1. The SMILES string of the molecule is C=C(COCC)C(=O)c1ccccc1C. The van der Waals surface area contributed by atoms with Gasteiger partial charge in [-0.15, -0.1) is 0 Å². The van der Waals surface area contributed by atoms with Crippen LogP contribution in [0.1, 0.15) is 22.8 Å². The average molecular weight is 204 g/mol. The van der Waals surface area contributed by atoms with E-state index in [-0.39, 0.29) is 5.78 Å². The summed E-state index contributed by atoms with van der Waals surface area (Å²) in [6.45, 7) is 8.45. The molecule has 0 saturated heterocycles. The topological polar surface area (TPSA) is 26.3 Å². The summed E-state index contributed by atoms with van der Waals surface area (Å²) in [5.74, 6) is -0.0263. The van der Waals surface area contributed by atoms with Crippen LogP contribution in [0.3, 0.4) is 0 Å². The summed E-state index contributed by atoms with van der Waals surface area (Å²) in [6, 6.07) is 7.50. The van der Waals surface area contributed by atoms with Crippen molar-refractivity contribution < 1.29 is 9.53 Å². The Balaban J connectivity index is 2.77. The van der Waals surface area contributed by atoms with Crippen LogP contribution >= 0.6 is 0 Å². The van der Waals surface area contributed by atoms with E-state index in [0.29, 0.717) is 24.4 Å². The number of hydrogen-bond donors (Lipinski definition) is 0. The minimum atomic E-state index is -0.0263. The van der Waals surface area contributed by atoms with E-state index < -0.39 is 0 Å². The van der Waals surface area contributed by atoms with Gasteiger partial charge in [0, 0.05) is 17.7 Å². The highest BCUT2D eigenvalue weighted by molar-refractivity contribution is 6.09. The van der Waals surface area contributed by atoms with Gasteiger partial charge in [-0.05, 0) is 19.4 Å². The molecular weight excluding hydrogens is 188 g/mol. The molecule has 0 heterocycles. The second-order valence-corrected chi connectivity index (χ2v) is 3.38. The minimum absolute atomic E-state index is 0.0263. The predicted molar refractivity (Wildman–Crippen MR) is 61.1 cm³/mol. The monoisotopic (exact) mass is 204 g/mol. The zero-order valence-electron chi connectivity index (χ0n) is 9.25. The molecule has 0 fully saturated rings. The molecule has 0 N–H and O–H groups in total. The van der Waals surface area contributed by atoms with Crippen molar-refractivity contribution in [3.8, 4) is 0 Å². The van der Waals surface area contributed by atoms with E-state index in [4.69, 9.17) is 4.74 Å². The van der Waals surface area contributed by atoms with Crippen molar-refractivity contribution in [3.05, 3.63) is 47.5 Å². The molecule has 0 unspecified atom stereocenters. The minimum Gasteiger partial charge on any atom is -0.377 e. The van der Waals surface area contributed by atoms with Crippen molar-refractivity contribution in [2.24, 2.45) is 0 Å². The van der Waals surface area contributed by atoms with Gasteiger partial charge in [0.2, 0.25) is 0 Å². The van der Waals surface area contributed by atoms with Crippen LogP contribution in [0.15, 0.2) is 36.4 Å². The number of ketones is 1. The highest BCUT2D eigenvalue weighted by Crippen LogP contribution is 2.12. The van der Waals surface area contributed by atoms with Gasteiger partial charge >= 0.3 is 0 Å². The Bertz CT molecular complexity index is 367. The first-order chi connectivity index (χ1) is 7.16. The summed E-state index contributed by atoms with van der Waals surface area (Å²) in [6.07, 6.45) is 0. The van der Waals surface area contributed by atoms with E-state index in [1.807, 2.05) is 38.1 Å². The van der Waals surface area contributed by atoms with E-state index in [1.165, 1.54) is 0 Å². The third-order valence-electron chi connectivity index (χ3n) is 2.19. The zero-order valence-corrected chi connectivity index (χ0v) is 9.25. The smallest absolute Gasteiger partial charge is 0.191 e. The summed E-state index contributed by atoms with van der Waals surface area (Å²) < 4.78 is 5.16. The summed E-state index contributed by atoms with van der Waals surface area (Å²) in [7, 11) is 0. The number of aryl methyl sites for hydroxylation is 1. The average Bonchev–Trinajstić information content (AvgIpc) is 2.25. The van der Waals surface area contributed by atoms with Gasteiger partial charge in [0.05, 0.1) is 6.61 Å². The summed E-state index contributed by atoms with van der Waals surface area (Å²) in [5.41, 5.74) is 2.19. The second kappa shape index (κ2) is 5.47. The molecule has 0 saturated carbocycles. The Kier molecular flexibility index (Phi) is 4.25. The van der Waals surface area contributed by atoms with Gasteiger partial charge in [-0.2, -0.15) is 0 Å². The Morgan fingerprint density at radius 2 is 2.07 bits per heavy atom. The van der Waals surface area contributed by atoms with E-state index >= 15 is 0 Å². The molecule has 1 aromatic rings. The van der Waals surface area contributed by atoms with Crippen molar-refractivity contribution in [1.82, 2.24) is 0 Å². The Hall–Kier alpha value is -1.41. The summed E-state index contributed by atoms with van der Waals surface area (Å²) in [4.78, 5) is 11.9. The van der Waals surface area contributed by atoms with Crippen molar-refractivity contribution >= 4 is 5.78 Å². The van der Waals surface area contributed by atoms with Crippen molar-refractivity contribution in [3.63, 3.8) is 0 Å². The molecule has 2 nitrogen and oxygen atoms in total. The Labute approximate surface area is 90.6 Å². The van der Waals surface area contributed by atoms with Crippen LogP contribution in [0, 0.1) is 6.92 Å². The molecule has 0 spiro atoms. The fourth-order valence-corrected chi connectivity index (χ4v) is 1.31. The van der Waals surface area contributed by atoms with E-state index in [0.717, 1.165) is 5.56 Å². The first-order valence-corrected chi connectivity index (χ1v) is 5.02. The van der Waals surface area contributed by atoms with Crippen LogP contribution in [0.25, 0.3) is 0 Å². The lowest BCUT2D eigenvalue weighted by atomic mass is 10.0. The maximum atomic E-state index is 11.9. The molecule has 1 rings (SSSR count). The molecule has 0 aliphatic carbocycles. The van der Waals surface area contributed by atoms with Gasteiger partial charge in [-0.25, -0.2) is 0 Å². The molecule has 0 amide bonds. The number of hydrogen-bond acceptors (Lipinski definition) is 2. The maximum absolute atomic E-state index is 11.9. The molecule has 0 radical (unpaired) electrons. The number of carbonyl (C=O) groups is 1. The largest absolute Gasteiger partial charge is 0.377 e. The molecule has 1 aromatic carbocycles. The van der Waals surface area contributed by atoms with Crippen LogP contribution in [-0.4, -0.2) is 19.0 Å². The van der Waals surface area contributed by atoms with Gasteiger partial charge < -0.3 is 4.74 Å². The molecule has 0 aliphatic heterocycles. The molecule has 80 valence electrons. The number of carbonyl (C=O) groups excluding carboxylic acids is 1. The highest BCUT2D eigenvalue weighted by Gasteiger charge is 2.11. The first kappa shape index (κ1) is 11.7. The zero-order chi connectivity index (χ0) is 11.3. The van der Waals surface area contributed by atoms with Crippen LogP contribution in [0.5, 0.6) is 0 Å². The number of rotatable bonds is 5. The lowest BCUT2D eigenvalue weighted by molar-refractivity contribution is 0.0991. The van der Waals surface area contributed by atoms with Crippen LogP contribution < -0.4 is 0 Å². The molecular formula is C13H16O2. The Morgan fingerprint density at radius 1 is 1.40 bits per heavy atom. The quantitative estimate of drug-likeness (QED) is 0.544. The van der Waals surface area contributed by atoms with E-state index in [2.05, 4.69) is 6.58 Å². The molecule has 0 aromatic heterocycles. The Morgan fingerprint density at radius 3 is 2.67 bits per heavy atom. The number of benzene rings is 1. The second-order valence-electron chi connectivity index (χ2n) is 3.38. The molecule has 0 atom stereocenters. The van der Waals surface area contributed by atoms with Crippen LogP contribution in [0.2, 0.25) is 0 Å². The van der Waals surface area contributed by atoms with Gasteiger partial charge in [-0.3, -0.25) is 4.79 Å². The molecule has 15 heavy (non-hydrogen) atoms. The first-order valence-electron chi connectivity index (χ1n) is 5.02. The van der Waals surface area contributed by atoms with Gasteiger partial charge in [0.1, 0.15) is 0 Å². The van der Waals surface area contributed by atoms with Gasteiger partial charge in [0.25, 0.3) is 0 Å². The van der Waals surface area contributed by atoms with Gasteiger partial charge in [0.15, 0.2) is 5.78 Å². The van der Waals surface area contributed by atoms with Crippen LogP contribution in [0.4, 0.5) is 0 Å². The number of ether oxygens (including phenoxy) is 1. The third-order valence-corrected chi connectivity index (χ3v) is 2.19. The molecule has 0 aliphatic rings. The van der Waals surface area contributed by atoms with E-state index in [1.54, 1.807) is 0 Å². The predicted octanol–water partition coefficient (Wildman–Crippen LogP) is 2.77. The fourth-order valence-electron chi connectivity index (χ4n) is 1.31. The van der Waals surface area contributed by atoms with Crippen LogP contribution in [-0.2, 0) is 4.74 Å².